The van der Waals surface area contributed by atoms with Crippen molar-refractivity contribution >= 4 is 9.84 Å². The van der Waals surface area contributed by atoms with E-state index in [2.05, 4.69) is 5.43 Å². The molecule has 3 unspecified atom stereocenters. The van der Waals surface area contributed by atoms with Gasteiger partial charge in [0.25, 0.3) is 0 Å². The number of hydrogen-bond donors (Lipinski definition) is 2. The number of sulfone groups is 1. The van der Waals surface area contributed by atoms with Crippen molar-refractivity contribution in [2.75, 3.05) is 6.26 Å². The standard InChI is InChI=1S/C13H26N2O2S/c1-18(16,17)12-7-3-6-11(9-12)13(15-14)8-10-4-2-5-10/h10-13,15H,2-9,14H2,1H3. The van der Waals surface area contributed by atoms with Gasteiger partial charge in [-0.25, -0.2) is 8.42 Å². The van der Waals surface area contributed by atoms with Crippen LogP contribution in [0.5, 0.6) is 0 Å². The first kappa shape index (κ1) is 14.3. The van der Waals surface area contributed by atoms with E-state index in [4.69, 9.17) is 5.84 Å². The number of hydrazine groups is 1. The van der Waals surface area contributed by atoms with Crippen LogP contribution in [0.4, 0.5) is 0 Å². The summed E-state index contributed by atoms with van der Waals surface area (Å²) in [6.45, 7) is 0. The van der Waals surface area contributed by atoms with E-state index in [9.17, 15) is 8.42 Å². The average molecular weight is 274 g/mol. The SMILES string of the molecule is CS(=O)(=O)C1CCCC(C(CC2CCC2)NN)C1. The lowest BCUT2D eigenvalue weighted by atomic mass is 9.75. The van der Waals surface area contributed by atoms with E-state index in [0.29, 0.717) is 12.0 Å². The van der Waals surface area contributed by atoms with Crippen LogP contribution in [0.3, 0.4) is 0 Å². The second-order valence-corrected chi connectivity index (χ2v) is 8.51. The zero-order valence-electron chi connectivity index (χ0n) is 11.3. The fraction of sp³-hybridized carbons (Fsp3) is 1.00. The van der Waals surface area contributed by atoms with Crippen molar-refractivity contribution in [3.63, 3.8) is 0 Å². The molecule has 0 aromatic rings. The third-order valence-corrected chi connectivity index (χ3v) is 6.51. The first-order valence-electron chi connectivity index (χ1n) is 7.15. The fourth-order valence-corrected chi connectivity index (χ4v) is 4.61. The number of rotatable bonds is 5. The molecule has 0 spiro atoms. The Balaban J connectivity index is 1.93. The van der Waals surface area contributed by atoms with Crippen molar-refractivity contribution in [1.29, 1.82) is 0 Å². The summed E-state index contributed by atoms with van der Waals surface area (Å²) in [4.78, 5) is 0. The summed E-state index contributed by atoms with van der Waals surface area (Å²) in [5.41, 5.74) is 2.95. The van der Waals surface area contributed by atoms with Gasteiger partial charge in [0, 0.05) is 12.3 Å². The Morgan fingerprint density at radius 1 is 1.22 bits per heavy atom. The van der Waals surface area contributed by atoms with E-state index in [1.54, 1.807) is 0 Å². The molecule has 106 valence electrons. The van der Waals surface area contributed by atoms with Crippen LogP contribution < -0.4 is 11.3 Å². The van der Waals surface area contributed by atoms with E-state index in [1.165, 1.54) is 25.5 Å². The van der Waals surface area contributed by atoms with Crippen molar-refractivity contribution < 1.29 is 8.42 Å². The van der Waals surface area contributed by atoms with Gasteiger partial charge in [-0.3, -0.25) is 11.3 Å². The largest absolute Gasteiger partial charge is 0.271 e. The monoisotopic (exact) mass is 274 g/mol. The minimum atomic E-state index is -2.89. The predicted molar refractivity (Wildman–Crippen MR) is 73.7 cm³/mol. The summed E-state index contributed by atoms with van der Waals surface area (Å²) < 4.78 is 23.4. The molecule has 0 bridgehead atoms. The minimum absolute atomic E-state index is 0.145. The lowest BCUT2D eigenvalue weighted by Crippen LogP contribution is -2.45. The van der Waals surface area contributed by atoms with E-state index < -0.39 is 9.84 Å². The van der Waals surface area contributed by atoms with Crippen LogP contribution in [-0.4, -0.2) is 26.0 Å². The van der Waals surface area contributed by atoms with Gasteiger partial charge in [0.2, 0.25) is 0 Å². The van der Waals surface area contributed by atoms with Crippen LogP contribution in [-0.2, 0) is 9.84 Å². The molecule has 2 aliphatic carbocycles. The molecular formula is C13H26N2O2S. The van der Waals surface area contributed by atoms with Crippen LogP contribution in [0.25, 0.3) is 0 Å². The predicted octanol–water partition coefficient (Wildman–Crippen LogP) is 1.61. The van der Waals surface area contributed by atoms with Gasteiger partial charge in [-0.2, -0.15) is 0 Å². The van der Waals surface area contributed by atoms with Crippen molar-refractivity contribution in [3.8, 4) is 0 Å². The Morgan fingerprint density at radius 3 is 2.39 bits per heavy atom. The highest BCUT2D eigenvalue weighted by molar-refractivity contribution is 7.91. The van der Waals surface area contributed by atoms with Crippen LogP contribution in [0.2, 0.25) is 0 Å². The van der Waals surface area contributed by atoms with Crippen molar-refractivity contribution in [2.24, 2.45) is 17.7 Å². The van der Waals surface area contributed by atoms with Crippen molar-refractivity contribution in [2.45, 2.75) is 62.7 Å². The zero-order valence-corrected chi connectivity index (χ0v) is 12.1. The highest BCUT2D eigenvalue weighted by Gasteiger charge is 2.34. The van der Waals surface area contributed by atoms with E-state index >= 15 is 0 Å². The molecule has 0 aromatic carbocycles. The number of hydrogen-bond acceptors (Lipinski definition) is 4. The van der Waals surface area contributed by atoms with E-state index in [0.717, 1.165) is 38.0 Å². The second kappa shape index (κ2) is 5.88. The molecule has 0 amide bonds. The maximum Gasteiger partial charge on any atom is 0.150 e. The number of nitrogens with one attached hydrogen (secondary N) is 1. The van der Waals surface area contributed by atoms with Gasteiger partial charge in [-0.05, 0) is 37.5 Å². The Morgan fingerprint density at radius 2 is 1.89 bits per heavy atom. The second-order valence-electron chi connectivity index (χ2n) is 6.18. The van der Waals surface area contributed by atoms with Crippen LogP contribution >= 0.6 is 0 Å². The molecule has 2 aliphatic rings. The normalized spacial score (nSPS) is 31.9. The molecular weight excluding hydrogens is 248 g/mol. The molecule has 0 aromatic heterocycles. The maximum atomic E-state index is 11.7. The average Bonchev–Trinajstić information content (AvgIpc) is 2.27. The Bertz CT molecular complexity index is 365. The van der Waals surface area contributed by atoms with E-state index in [-0.39, 0.29) is 5.25 Å². The molecule has 0 heterocycles. The van der Waals surface area contributed by atoms with Gasteiger partial charge in [0.05, 0.1) is 5.25 Å². The molecule has 2 rings (SSSR count). The third-order valence-electron chi connectivity index (χ3n) is 4.87. The molecule has 5 heteroatoms. The minimum Gasteiger partial charge on any atom is -0.271 e. The van der Waals surface area contributed by atoms with E-state index in [1.807, 2.05) is 0 Å². The summed E-state index contributed by atoms with van der Waals surface area (Å²) >= 11 is 0. The summed E-state index contributed by atoms with van der Waals surface area (Å²) in [6, 6.07) is 0.305. The molecule has 3 atom stereocenters. The Hall–Kier alpha value is -0.130. The third kappa shape index (κ3) is 3.45. The smallest absolute Gasteiger partial charge is 0.150 e. The van der Waals surface area contributed by atoms with Crippen molar-refractivity contribution in [1.82, 2.24) is 5.43 Å². The highest BCUT2D eigenvalue weighted by atomic mass is 32.2. The molecule has 2 fully saturated rings. The molecule has 0 radical (unpaired) electrons. The summed E-state index contributed by atoms with van der Waals surface area (Å²) in [7, 11) is -2.89. The van der Waals surface area contributed by atoms with Gasteiger partial charge < -0.3 is 0 Å². The molecule has 0 aliphatic heterocycles. The van der Waals surface area contributed by atoms with Gasteiger partial charge in [0.1, 0.15) is 9.84 Å². The van der Waals surface area contributed by atoms with Crippen molar-refractivity contribution in [3.05, 3.63) is 0 Å². The van der Waals surface area contributed by atoms with Crippen LogP contribution in [0, 0.1) is 11.8 Å². The fourth-order valence-electron chi connectivity index (χ4n) is 3.42. The van der Waals surface area contributed by atoms with Gasteiger partial charge in [-0.15, -0.1) is 0 Å². The molecule has 3 N–H and O–H groups in total. The van der Waals surface area contributed by atoms with Crippen LogP contribution in [0.1, 0.15) is 51.4 Å². The molecule has 18 heavy (non-hydrogen) atoms. The first-order chi connectivity index (χ1) is 8.50. The van der Waals surface area contributed by atoms with Gasteiger partial charge in [0.15, 0.2) is 0 Å². The molecule has 4 nitrogen and oxygen atoms in total. The lowest BCUT2D eigenvalue weighted by Gasteiger charge is -2.37. The highest BCUT2D eigenvalue weighted by Crippen LogP contribution is 2.36. The van der Waals surface area contributed by atoms with Gasteiger partial charge in [-0.1, -0.05) is 25.7 Å². The summed E-state index contributed by atoms with van der Waals surface area (Å²) in [5.74, 6) is 6.93. The van der Waals surface area contributed by atoms with Crippen LogP contribution in [0.15, 0.2) is 0 Å². The molecule has 0 saturated heterocycles. The first-order valence-corrected chi connectivity index (χ1v) is 9.11. The molecule has 2 saturated carbocycles. The summed E-state index contributed by atoms with van der Waals surface area (Å²) in [5, 5.41) is -0.145. The number of nitrogens with two attached hydrogens (primary N) is 1. The maximum absolute atomic E-state index is 11.7. The quantitative estimate of drug-likeness (QED) is 0.590. The topological polar surface area (TPSA) is 72.2 Å². The van der Waals surface area contributed by atoms with Gasteiger partial charge >= 0.3 is 0 Å². The summed E-state index contributed by atoms with van der Waals surface area (Å²) in [6.07, 6.45) is 10.2. The Kier molecular flexibility index (Phi) is 4.67. The lowest BCUT2D eigenvalue weighted by molar-refractivity contribution is 0.195. The zero-order chi connectivity index (χ0) is 13.2. The Labute approximate surface area is 111 Å².